The third-order valence-electron chi connectivity index (χ3n) is 5.00. The van der Waals surface area contributed by atoms with Gasteiger partial charge in [-0.2, -0.15) is 5.10 Å². The molecule has 8 heteroatoms. The van der Waals surface area contributed by atoms with Crippen molar-refractivity contribution in [3.05, 3.63) is 84.3 Å². The van der Waals surface area contributed by atoms with E-state index in [1.807, 2.05) is 42.5 Å². The number of hydrogen-bond donors (Lipinski definition) is 2. The average molecular weight is 428 g/mol. The lowest BCUT2D eigenvalue weighted by Gasteiger charge is -2.11. The quantitative estimate of drug-likeness (QED) is 0.492. The first kappa shape index (κ1) is 21.0. The topological polar surface area (TPSA) is 91.6 Å². The predicted octanol–water partition coefficient (Wildman–Crippen LogP) is 3.46. The lowest BCUT2D eigenvalue weighted by Crippen LogP contribution is -2.30. The Kier molecular flexibility index (Phi) is 6.12. The monoisotopic (exact) mass is 428 g/mol. The summed E-state index contributed by atoms with van der Waals surface area (Å²) >= 11 is 0. The molecule has 3 amide bonds. The highest BCUT2D eigenvalue weighted by Gasteiger charge is 2.22. The van der Waals surface area contributed by atoms with Gasteiger partial charge in [0.15, 0.2) is 0 Å². The van der Waals surface area contributed by atoms with Crippen LogP contribution in [0.2, 0.25) is 0 Å². The van der Waals surface area contributed by atoms with Crippen molar-refractivity contribution in [1.82, 2.24) is 24.8 Å². The molecule has 8 nitrogen and oxygen atoms in total. The van der Waals surface area contributed by atoms with Gasteiger partial charge in [-0.15, -0.1) is 0 Å². The number of urea groups is 1. The van der Waals surface area contributed by atoms with Gasteiger partial charge in [-0.25, -0.2) is 9.31 Å². The Labute approximate surface area is 185 Å². The van der Waals surface area contributed by atoms with Crippen molar-refractivity contribution in [2.75, 3.05) is 26.0 Å². The molecule has 32 heavy (non-hydrogen) atoms. The van der Waals surface area contributed by atoms with E-state index in [2.05, 4.69) is 20.7 Å². The van der Waals surface area contributed by atoms with Gasteiger partial charge >= 0.3 is 6.03 Å². The molecular weight excluding hydrogens is 404 g/mol. The number of anilines is 1. The minimum absolute atomic E-state index is 0.131. The second kappa shape index (κ2) is 9.30. The summed E-state index contributed by atoms with van der Waals surface area (Å²) < 4.78 is 1.63. The highest BCUT2D eigenvalue weighted by molar-refractivity contribution is 6.06. The molecule has 4 aromatic rings. The first-order valence-corrected chi connectivity index (χ1v) is 10.3. The Balaban J connectivity index is 1.54. The lowest BCUT2D eigenvalue weighted by molar-refractivity contribution is 0.0830. The summed E-state index contributed by atoms with van der Waals surface area (Å²) in [5.41, 5.74) is 4.32. The van der Waals surface area contributed by atoms with Crippen molar-refractivity contribution < 1.29 is 9.59 Å². The first-order chi connectivity index (χ1) is 15.5. The predicted molar refractivity (Wildman–Crippen MR) is 124 cm³/mol. The second-order valence-corrected chi connectivity index (χ2v) is 7.52. The Morgan fingerprint density at radius 2 is 1.75 bits per heavy atom. The number of carbonyl (C=O) groups is 2. The standard InChI is InChI=1S/C24H24N6O2/c1-29(2)23(31)21-20-9-8-19(16-30(20)28-22(21)18-6-4-3-5-7-18)27-24(32)26-15-12-17-10-13-25-14-11-17/h3-11,13-14,16H,12,15H2,1-2H3,(H2,26,27,32). The van der Waals surface area contributed by atoms with Gasteiger partial charge in [-0.05, 0) is 36.2 Å². The number of aromatic nitrogens is 3. The summed E-state index contributed by atoms with van der Waals surface area (Å²) in [5.74, 6) is -0.131. The van der Waals surface area contributed by atoms with Gasteiger partial charge in [0.25, 0.3) is 5.91 Å². The van der Waals surface area contributed by atoms with Gasteiger partial charge in [-0.3, -0.25) is 9.78 Å². The highest BCUT2D eigenvalue weighted by atomic mass is 16.2. The summed E-state index contributed by atoms with van der Waals surface area (Å²) in [6, 6.07) is 16.7. The number of fused-ring (bicyclic) bond motifs is 1. The molecule has 4 rings (SSSR count). The maximum Gasteiger partial charge on any atom is 0.319 e. The molecule has 0 unspecified atom stereocenters. The van der Waals surface area contributed by atoms with E-state index in [4.69, 9.17) is 0 Å². The fourth-order valence-corrected chi connectivity index (χ4v) is 3.40. The molecular formula is C24H24N6O2. The second-order valence-electron chi connectivity index (χ2n) is 7.52. The largest absolute Gasteiger partial charge is 0.345 e. The maximum absolute atomic E-state index is 12.9. The van der Waals surface area contributed by atoms with E-state index >= 15 is 0 Å². The summed E-state index contributed by atoms with van der Waals surface area (Å²) in [6.45, 7) is 0.500. The van der Waals surface area contributed by atoms with E-state index in [0.717, 1.165) is 11.1 Å². The van der Waals surface area contributed by atoms with Gasteiger partial charge in [0.1, 0.15) is 5.69 Å². The lowest BCUT2D eigenvalue weighted by atomic mass is 10.1. The van der Waals surface area contributed by atoms with E-state index in [1.54, 1.807) is 49.3 Å². The third kappa shape index (κ3) is 4.59. The molecule has 0 aliphatic heterocycles. The minimum atomic E-state index is -0.307. The van der Waals surface area contributed by atoms with Gasteiger partial charge in [0, 0.05) is 38.6 Å². The molecule has 0 saturated heterocycles. The van der Waals surface area contributed by atoms with Crippen LogP contribution < -0.4 is 10.6 Å². The summed E-state index contributed by atoms with van der Waals surface area (Å²) in [6.07, 6.45) is 5.88. The van der Waals surface area contributed by atoms with E-state index in [0.29, 0.717) is 35.4 Å². The van der Waals surface area contributed by atoms with Crippen molar-refractivity contribution in [1.29, 1.82) is 0 Å². The van der Waals surface area contributed by atoms with Crippen LogP contribution in [0, 0.1) is 0 Å². The van der Waals surface area contributed by atoms with E-state index in [-0.39, 0.29) is 11.9 Å². The van der Waals surface area contributed by atoms with Crippen molar-refractivity contribution in [2.45, 2.75) is 6.42 Å². The van der Waals surface area contributed by atoms with Crippen molar-refractivity contribution in [3.63, 3.8) is 0 Å². The van der Waals surface area contributed by atoms with Gasteiger partial charge in [0.05, 0.1) is 23.0 Å². The summed E-state index contributed by atoms with van der Waals surface area (Å²) in [4.78, 5) is 30.7. The average Bonchev–Trinajstić information content (AvgIpc) is 3.18. The summed E-state index contributed by atoms with van der Waals surface area (Å²) in [5, 5.41) is 10.3. The van der Waals surface area contributed by atoms with Crippen molar-refractivity contribution in [2.24, 2.45) is 0 Å². The van der Waals surface area contributed by atoms with Crippen molar-refractivity contribution in [3.8, 4) is 11.3 Å². The molecule has 0 aliphatic rings. The van der Waals surface area contributed by atoms with Gasteiger partial charge < -0.3 is 15.5 Å². The number of hydrogen-bond acceptors (Lipinski definition) is 4. The number of benzene rings is 1. The molecule has 2 N–H and O–H groups in total. The van der Waals surface area contributed by atoms with Crippen LogP contribution in [0.4, 0.5) is 10.5 Å². The van der Waals surface area contributed by atoms with Gasteiger partial charge in [-0.1, -0.05) is 30.3 Å². The zero-order chi connectivity index (χ0) is 22.5. The highest BCUT2D eigenvalue weighted by Crippen LogP contribution is 2.28. The number of pyridine rings is 2. The maximum atomic E-state index is 12.9. The first-order valence-electron chi connectivity index (χ1n) is 10.3. The minimum Gasteiger partial charge on any atom is -0.345 e. The van der Waals surface area contributed by atoms with Crippen LogP contribution in [0.5, 0.6) is 0 Å². The van der Waals surface area contributed by atoms with E-state index in [1.165, 1.54) is 4.90 Å². The number of nitrogens with one attached hydrogen (secondary N) is 2. The van der Waals surface area contributed by atoms with E-state index < -0.39 is 0 Å². The Morgan fingerprint density at radius 1 is 1.00 bits per heavy atom. The Morgan fingerprint density at radius 3 is 2.47 bits per heavy atom. The third-order valence-corrected chi connectivity index (χ3v) is 5.00. The summed E-state index contributed by atoms with van der Waals surface area (Å²) in [7, 11) is 3.43. The molecule has 1 aromatic carbocycles. The van der Waals surface area contributed by atoms with Crippen LogP contribution >= 0.6 is 0 Å². The molecule has 0 aliphatic carbocycles. The van der Waals surface area contributed by atoms with Crippen LogP contribution in [0.3, 0.4) is 0 Å². The smallest absolute Gasteiger partial charge is 0.319 e. The number of carbonyl (C=O) groups excluding carboxylic acids is 2. The molecule has 0 atom stereocenters. The van der Waals surface area contributed by atoms with Crippen LogP contribution in [0.25, 0.3) is 16.8 Å². The molecule has 162 valence electrons. The molecule has 0 spiro atoms. The normalized spacial score (nSPS) is 10.7. The Hall–Kier alpha value is -4.20. The molecule has 3 aromatic heterocycles. The molecule has 0 saturated carbocycles. The number of amides is 3. The molecule has 0 bridgehead atoms. The zero-order valence-electron chi connectivity index (χ0n) is 17.9. The number of rotatable bonds is 6. The van der Waals surface area contributed by atoms with Crippen LogP contribution in [-0.4, -0.2) is 52.1 Å². The molecule has 0 fully saturated rings. The van der Waals surface area contributed by atoms with Gasteiger partial charge in [0.2, 0.25) is 0 Å². The van der Waals surface area contributed by atoms with Crippen LogP contribution in [0.1, 0.15) is 15.9 Å². The van der Waals surface area contributed by atoms with Crippen LogP contribution in [-0.2, 0) is 6.42 Å². The fraction of sp³-hybridized carbons (Fsp3) is 0.167. The van der Waals surface area contributed by atoms with Crippen LogP contribution in [0.15, 0.2) is 73.2 Å². The number of nitrogens with zero attached hydrogens (tertiary/aromatic N) is 4. The molecule has 3 heterocycles. The Bertz CT molecular complexity index is 1240. The fourth-order valence-electron chi connectivity index (χ4n) is 3.40. The van der Waals surface area contributed by atoms with Crippen molar-refractivity contribution >= 4 is 23.1 Å². The molecule has 0 radical (unpaired) electrons. The van der Waals surface area contributed by atoms with E-state index in [9.17, 15) is 9.59 Å². The zero-order valence-corrected chi connectivity index (χ0v) is 17.9. The SMILES string of the molecule is CN(C)C(=O)c1c(-c2ccccc2)nn2cc(NC(=O)NCCc3ccncc3)ccc12.